The Balaban J connectivity index is 1.67. The maximum absolute atomic E-state index is 7.59. The predicted octanol–water partition coefficient (Wildman–Crippen LogP) is 3.38. The van der Waals surface area contributed by atoms with E-state index in [4.69, 9.17) is 11.1 Å². The number of amidine groups is 1. The second-order valence-corrected chi connectivity index (χ2v) is 7.19. The van der Waals surface area contributed by atoms with Gasteiger partial charge in [-0.25, -0.2) is 0 Å². The molecule has 3 nitrogen and oxygen atoms in total. The molecule has 3 N–H and O–H groups in total. The van der Waals surface area contributed by atoms with Gasteiger partial charge in [0.15, 0.2) is 0 Å². The summed E-state index contributed by atoms with van der Waals surface area (Å²) in [6, 6.07) is 0.898. The van der Waals surface area contributed by atoms with Crippen LogP contribution in [0.3, 0.4) is 0 Å². The molecule has 1 saturated carbocycles. The van der Waals surface area contributed by atoms with Crippen LogP contribution in [0.5, 0.6) is 0 Å². The van der Waals surface area contributed by atoms with E-state index in [2.05, 4.69) is 18.7 Å². The number of rotatable bonds is 6. The van der Waals surface area contributed by atoms with E-state index in [1.165, 1.54) is 58.0 Å². The fourth-order valence-corrected chi connectivity index (χ4v) is 3.80. The Morgan fingerprint density at radius 1 is 1.21 bits per heavy atom. The van der Waals surface area contributed by atoms with Gasteiger partial charge in [-0.3, -0.25) is 5.41 Å². The average molecular weight is 265 g/mol. The Kier molecular flexibility index (Phi) is 4.88. The van der Waals surface area contributed by atoms with Gasteiger partial charge < -0.3 is 10.6 Å². The molecule has 2 atom stereocenters. The van der Waals surface area contributed by atoms with E-state index >= 15 is 0 Å². The first kappa shape index (κ1) is 14.8. The summed E-state index contributed by atoms with van der Waals surface area (Å²) in [5.41, 5.74) is 5.52. The van der Waals surface area contributed by atoms with Gasteiger partial charge >= 0.3 is 0 Å². The Morgan fingerprint density at radius 3 is 2.68 bits per heavy atom. The lowest BCUT2D eigenvalue weighted by Crippen LogP contribution is -2.35. The molecule has 0 amide bonds. The number of fused-ring (bicyclic) bond motifs is 1. The third-order valence-corrected chi connectivity index (χ3v) is 5.35. The molecule has 110 valence electrons. The number of unbranched alkanes of at least 4 members (excludes halogenated alkanes) is 1. The summed E-state index contributed by atoms with van der Waals surface area (Å²) in [5.74, 6) is 1.34. The monoisotopic (exact) mass is 265 g/mol. The van der Waals surface area contributed by atoms with Gasteiger partial charge in [0, 0.05) is 11.5 Å². The van der Waals surface area contributed by atoms with Crippen molar-refractivity contribution in [3.63, 3.8) is 0 Å². The van der Waals surface area contributed by atoms with Gasteiger partial charge in [-0.05, 0) is 51.1 Å². The molecule has 0 spiro atoms. The largest absolute Gasteiger partial charge is 0.387 e. The van der Waals surface area contributed by atoms with Gasteiger partial charge in [0.25, 0.3) is 0 Å². The third kappa shape index (κ3) is 3.71. The van der Waals surface area contributed by atoms with E-state index < -0.39 is 0 Å². The van der Waals surface area contributed by atoms with Crippen molar-refractivity contribution in [3.05, 3.63) is 0 Å². The first-order valence-electron chi connectivity index (χ1n) is 8.09. The van der Waals surface area contributed by atoms with Crippen LogP contribution in [0, 0.1) is 16.7 Å². The van der Waals surface area contributed by atoms with Gasteiger partial charge in [-0.15, -0.1) is 0 Å². The van der Waals surface area contributed by atoms with Crippen LogP contribution in [-0.2, 0) is 0 Å². The van der Waals surface area contributed by atoms with Crippen LogP contribution < -0.4 is 5.73 Å². The van der Waals surface area contributed by atoms with Gasteiger partial charge in [-0.2, -0.15) is 0 Å². The summed E-state index contributed by atoms with van der Waals surface area (Å²) in [4.78, 5) is 2.74. The normalized spacial score (nSPS) is 28.3. The van der Waals surface area contributed by atoms with Crippen LogP contribution >= 0.6 is 0 Å². The average Bonchev–Trinajstić information content (AvgIpc) is 2.78. The van der Waals surface area contributed by atoms with E-state index in [1.807, 2.05) is 0 Å². The van der Waals surface area contributed by atoms with E-state index in [1.54, 1.807) is 0 Å². The van der Waals surface area contributed by atoms with Gasteiger partial charge in [0.2, 0.25) is 0 Å². The summed E-state index contributed by atoms with van der Waals surface area (Å²) < 4.78 is 0. The second-order valence-electron chi connectivity index (χ2n) is 7.19. The summed E-state index contributed by atoms with van der Waals surface area (Å²) >= 11 is 0. The van der Waals surface area contributed by atoms with Crippen molar-refractivity contribution in [1.29, 1.82) is 5.41 Å². The molecule has 2 unspecified atom stereocenters. The van der Waals surface area contributed by atoms with Crippen LogP contribution in [-0.4, -0.2) is 29.9 Å². The highest BCUT2D eigenvalue weighted by molar-refractivity contribution is 5.82. The number of nitrogens with two attached hydrogens (primary N) is 1. The van der Waals surface area contributed by atoms with Crippen molar-refractivity contribution in [3.8, 4) is 0 Å². The molecular formula is C16H31N3. The first-order chi connectivity index (χ1) is 9.00. The minimum absolute atomic E-state index is 0.113. The van der Waals surface area contributed by atoms with Crippen molar-refractivity contribution in [2.45, 2.75) is 71.3 Å². The number of likely N-dealkylation sites (tertiary alicyclic amines) is 1. The molecule has 19 heavy (non-hydrogen) atoms. The molecule has 1 heterocycles. The van der Waals surface area contributed by atoms with Gasteiger partial charge in [-0.1, -0.05) is 33.1 Å². The summed E-state index contributed by atoms with van der Waals surface area (Å²) in [5, 5.41) is 7.59. The van der Waals surface area contributed by atoms with E-state index in [0.717, 1.165) is 18.4 Å². The lowest BCUT2D eigenvalue weighted by Gasteiger charge is -2.32. The molecule has 1 aliphatic heterocycles. The smallest absolute Gasteiger partial charge is 0.0963 e. The van der Waals surface area contributed by atoms with Crippen molar-refractivity contribution < 1.29 is 0 Å². The van der Waals surface area contributed by atoms with E-state index in [-0.39, 0.29) is 5.41 Å². The number of nitrogens with zero attached hydrogens (tertiary/aromatic N) is 1. The Hall–Kier alpha value is -0.570. The molecular weight excluding hydrogens is 234 g/mol. The molecule has 2 rings (SSSR count). The van der Waals surface area contributed by atoms with Crippen molar-refractivity contribution in [2.75, 3.05) is 13.1 Å². The lowest BCUT2D eigenvalue weighted by molar-refractivity contribution is 0.178. The highest BCUT2D eigenvalue weighted by Crippen LogP contribution is 2.36. The quantitative estimate of drug-likeness (QED) is 0.439. The maximum Gasteiger partial charge on any atom is 0.0963 e. The highest BCUT2D eigenvalue weighted by atomic mass is 15.2. The maximum atomic E-state index is 7.59. The molecule has 0 radical (unpaired) electrons. The number of nitrogens with one attached hydrogen (secondary N) is 1. The van der Waals surface area contributed by atoms with E-state index in [9.17, 15) is 0 Å². The molecule has 0 aromatic heterocycles. The molecule has 3 heteroatoms. The first-order valence-corrected chi connectivity index (χ1v) is 8.09. The minimum Gasteiger partial charge on any atom is -0.387 e. The highest BCUT2D eigenvalue weighted by Gasteiger charge is 2.35. The van der Waals surface area contributed by atoms with E-state index in [0.29, 0.717) is 5.84 Å². The van der Waals surface area contributed by atoms with Crippen molar-refractivity contribution >= 4 is 5.84 Å². The number of hydrogen-bond donors (Lipinski definition) is 2. The second kappa shape index (κ2) is 6.25. The minimum atomic E-state index is -0.113. The van der Waals surface area contributed by atoms with Gasteiger partial charge in [0.05, 0.1) is 5.84 Å². The van der Waals surface area contributed by atoms with Crippen LogP contribution in [0.1, 0.15) is 65.2 Å². The molecule has 2 aliphatic rings. The van der Waals surface area contributed by atoms with Crippen molar-refractivity contribution in [2.24, 2.45) is 17.1 Å². The molecule has 0 aromatic rings. The van der Waals surface area contributed by atoms with Crippen LogP contribution in [0.15, 0.2) is 0 Å². The molecule has 0 bridgehead atoms. The SMILES string of the molecule is CC(C)(CCCCN1CCC2CCCCC21)C(=N)N. The summed E-state index contributed by atoms with van der Waals surface area (Å²) in [6.07, 6.45) is 10.7. The third-order valence-electron chi connectivity index (χ3n) is 5.35. The fourth-order valence-electron chi connectivity index (χ4n) is 3.80. The van der Waals surface area contributed by atoms with Crippen LogP contribution in [0.4, 0.5) is 0 Å². The standard InChI is InChI=1S/C16H31N3/c1-16(2,15(17)18)10-5-6-11-19-12-9-13-7-3-4-8-14(13)19/h13-14H,3-12H2,1-2H3,(H3,17,18). The molecule has 0 aromatic carbocycles. The van der Waals surface area contributed by atoms with Crippen LogP contribution in [0.25, 0.3) is 0 Å². The Bertz CT molecular complexity index is 311. The fraction of sp³-hybridized carbons (Fsp3) is 0.938. The Labute approximate surface area is 118 Å². The zero-order valence-electron chi connectivity index (χ0n) is 12.8. The predicted molar refractivity (Wildman–Crippen MR) is 81.5 cm³/mol. The van der Waals surface area contributed by atoms with Gasteiger partial charge in [0.1, 0.15) is 0 Å². The van der Waals surface area contributed by atoms with Crippen LogP contribution in [0.2, 0.25) is 0 Å². The zero-order chi connectivity index (χ0) is 13.9. The number of hydrogen-bond acceptors (Lipinski definition) is 2. The molecule has 1 saturated heterocycles. The molecule has 2 fully saturated rings. The topological polar surface area (TPSA) is 53.1 Å². The zero-order valence-corrected chi connectivity index (χ0v) is 12.8. The summed E-state index contributed by atoms with van der Waals surface area (Å²) in [7, 11) is 0. The Morgan fingerprint density at radius 2 is 1.95 bits per heavy atom. The summed E-state index contributed by atoms with van der Waals surface area (Å²) in [6.45, 7) is 6.76. The van der Waals surface area contributed by atoms with Crippen molar-refractivity contribution in [1.82, 2.24) is 4.90 Å². The molecule has 1 aliphatic carbocycles. The lowest BCUT2D eigenvalue weighted by atomic mass is 9.85.